The van der Waals surface area contributed by atoms with Gasteiger partial charge in [0.05, 0.1) is 11.2 Å². The molecule has 0 radical (unpaired) electrons. The van der Waals surface area contributed by atoms with Gasteiger partial charge in [-0.2, -0.15) is 5.10 Å². The van der Waals surface area contributed by atoms with E-state index in [-0.39, 0.29) is 0 Å². The molecule has 3 heteroatoms. The van der Waals surface area contributed by atoms with Gasteiger partial charge < -0.3 is 5.32 Å². The van der Waals surface area contributed by atoms with Crippen molar-refractivity contribution in [2.24, 2.45) is 0 Å². The molecular formula is C16H25N3. The van der Waals surface area contributed by atoms with Crippen LogP contribution in [0.3, 0.4) is 0 Å². The van der Waals surface area contributed by atoms with E-state index >= 15 is 0 Å². The Kier molecular flexibility index (Phi) is 4.97. The van der Waals surface area contributed by atoms with E-state index in [1.54, 1.807) is 0 Å². The van der Waals surface area contributed by atoms with Gasteiger partial charge in [-0.3, -0.25) is 4.68 Å². The van der Waals surface area contributed by atoms with Crippen molar-refractivity contribution >= 4 is 10.9 Å². The fourth-order valence-electron chi connectivity index (χ4n) is 2.69. The van der Waals surface area contributed by atoms with Gasteiger partial charge in [-0.25, -0.2) is 0 Å². The van der Waals surface area contributed by atoms with Gasteiger partial charge in [-0.15, -0.1) is 0 Å². The summed E-state index contributed by atoms with van der Waals surface area (Å²) in [4.78, 5) is 0. The predicted molar refractivity (Wildman–Crippen MR) is 81.5 cm³/mol. The van der Waals surface area contributed by atoms with E-state index in [4.69, 9.17) is 5.10 Å². The molecule has 1 N–H and O–H groups in total. The standard InChI is InChI=1S/C16H25N3/c1-4-13(17-3)9-8-11-15-14-10-6-7-12-16(14)19(5-2)18-15/h6-7,10,12-13,17H,4-5,8-9,11H2,1-3H3. The molecule has 0 aliphatic rings. The first-order chi connectivity index (χ1) is 9.30. The van der Waals surface area contributed by atoms with Gasteiger partial charge in [-0.05, 0) is 45.7 Å². The van der Waals surface area contributed by atoms with Gasteiger partial charge in [0.25, 0.3) is 0 Å². The highest BCUT2D eigenvalue weighted by Gasteiger charge is 2.09. The van der Waals surface area contributed by atoms with Crippen LogP contribution >= 0.6 is 0 Å². The van der Waals surface area contributed by atoms with E-state index in [1.807, 2.05) is 0 Å². The normalized spacial score (nSPS) is 13.0. The molecule has 0 fully saturated rings. The molecule has 3 nitrogen and oxygen atoms in total. The number of hydrogen-bond acceptors (Lipinski definition) is 2. The lowest BCUT2D eigenvalue weighted by Crippen LogP contribution is -2.24. The number of hydrogen-bond donors (Lipinski definition) is 1. The molecule has 0 amide bonds. The molecule has 2 aromatic rings. The summed E-state index contributed by atoms with van der Waals surface area (Å²) < 4.78 is 2.11. The minimum absolute atomic E-state index is 0.638. The van der Waals surface area contributed by atoms with Gasteiger partial charge in [0.1, 0.15) is 0 Å². The summed E-state index contributed by atoms with van der Waals surface area (Å²) in [5, 5.41) is 9.44. The molecule has 1 unspecified atom stereocenters. The largest absolute Gasteiger partial charge is 0.317 e. The molecule has 0 aliphatic heterocycles. The highest BCUT2D eigenvalue weighted by molar-refractivity contribution is 5.81. The Bertz CT molecular complexity index is 512. The van der Waals surface area contributed by atoms with Crippen molar-refractivity contribution in [1.29, 1.82) is 0 Å². The molecule has 0 saturated heterocycles. The number of aromatic nitrogens is 2. The summed E-state index contributed by atoms with van der Waals surface area (Å²) in [6.45, 7) is 5.33. The Balaban J connectivity index is 2.08. The summed E-state index contributed by atoms with van der Waals surface area (Å²) >= 11 is 0. The first-order valence-electron chi connectivity index (χ1n) is 7.41. The molecule has 1 atom stereocenters. The Morgan fingerprint density at radius 3 is 2.74 bits per heavy atom. The molecule has 104 valence electrons. The quantitative estimate of drug-likeness (QED) is 0.826. The second kappa shape index (κ2) is 6.71. The number of rotatable bonds is 7. The number of aryl methyl sites for hydroxylation is 2. The molecule has 0 saturated carbocycles. The van der Waals surface area contributed by atoms with E-state index in [1.165, 1.54) is 35.9 Å². The number of nitrogens with zero attached hydrogens (tertiary/aromatic N) is 2. The van der Waals surface area contributed by atoms with Crippen LogP contribution in [0.25, 0.3) is 10.9 Å². The summed E-state index contributed by atoms with van der Waals surface area (Å²) in [6.07, 6.45) is 4.69. The summed E-state index contributed by atoms with van der Waals surface area (Å²) in [5.74, 6) is 0. The third-order valence-electron chi connectivity index (χ3n) is 3.90. The zero-order chi connectivity index (χ0) is 13.7. The fourth-order valence-corrected chi connectivity index (χ4v) is 2.69. The molecule has 1 aromatic carbocycles. The average molecular weight is 259 g/mol. The number of nitrogens with one attached hydrogen (secondary N) is 1. The van der Waals surface area contributed by atoms with Crippen molar-refractivity contribution in [3.8, 4) is 0 Å². The summed E-state index contributed by atoms with van der Waals surface area (Å²) in [6, 6.07) is 9.20. The molecule has 1 aromatic heterocycles. The van der Waals surface area contributed by atoms with Gasteiger partial charge in [0.2, 0.25) is 0 Å². The monoisotopic (exact) mass is 259 g/mol. The minimum atomic E-state index is 0.638. The van der Waals surface area contributed by atoms with Crippen molar-refractivity contribution in [2.75, 3.05) is 7.05 Å². The van der Waals surface area contributed by atoms with Crippen LogP contribution in [0, 0.1) is 0 Å². The van der Waals surface area contributed by atoms with Gasteiger partial charge >= 0.3 is 0 Å². The first kappa shape index (κ1) is 14.1. The summed E-state index contributed by atoms with van der Waals surface area (Å²) in [7, 11) is 2.05. The molecule has 1 heterocycles. The van der Waals surface area contributed by atoms with Gasteiger partial charge in [-0.1, -0.05) is 25.1 Å². The lowest BCUT2D eigenvalue weighted by atomic mass is 10.0. The van der Waals surface area contributed by atoms with Crippen molar-refractivity contribution in [2.45, 2.75) is 52.1 Å². The van der Waals surface area contributed by atoms with Crippen LogP contribution < -0.4 is 5.32 Å². The Labute approximate surface area is 116 Å². The molecule has 0 bridgehead atoms. The van der Waals surface area contributed by atoms with Crippen LogP contribution in [0.5, 0.6) is 0 Å². The molecular weight excluding hydrogens is 234 g/mol. The van der Waals surface area contributed by atoms with Crippen LogP contribution in [0.4, 0.5) is 0 Å². The Morgan fingerprint density at radius 2 is 2.05 bits per heavy atom. The van der Waals surface area contributed by atoms with E-state index < -0.39 is 0 Å². The van der Waals surface area contributed by atoms with E-state index in [0.29, 0.717) is 6.04 Å². The average Bonchev–Trinajstić information content (AvgIpc) is 2.82. The lowest BCUT2D eigenvalue weighted by Gasteiger charge is -2.12. The van der Waals surface area contributed by atoms with Crippen molar-refractivity contribution in [3.05, 3.63) is 30.0 Å². The maximum atomic E-state index is 4.75. The van der Waals surface area contributed by atoms with E-state index in [0.717, 1.165) is 13.0 Å². The SMILES string of the molecule is CCC(CCCc1nn(CC)c2ccccc12)NC. The van der Waals surface area contributed by atoms with Crippen LogP contribution in [0.15, 0.2) is 24.3 Å². The third kappa shape index (κ3) is 3.16. The zero-order valence-electron chi connectivity index (χ0n) is 12.3. The van der Waals surface area contributed by atoms with E-state index in [9.17, 15) is 0 Å². The molecule has 0 aliphatic carbocycles. The van der Waals surface area contributed by atoms with Crippen LogP contribution in [-0.4, -0.2) is 22.9 Å². The van der Waals surface area contributed by atoms with Crippen LogP contribution in [0.2, 0.25) is 0 Å². The molecule has 0 spiro atoms. The van der Waals surface area contributed by atoms with Crippen molar-refractivity contribution in [1.82, 2.24) is 15.1 Å². The summed E-state index contributed by atoms with van der Waals surface area (Å²) in [5.41, 5.74) is 2.52. The molecule has 2 rings (SSSR count). The Morgan fingerprint density at radius 1 is 1.26 bits per heavy atom. The van der Waals surface area contributed by atoms with E-state index in [2.05, 4.69) is 55.2 Å². The molecule has 19 heavy (non-hydrogen) atoms. The van der Waals surface area contributed by atoms with Crippen molar-refractivity contribution < 1.29 is 0 Å². The van der Waals surface area contributed by atoms with Gasteiger partial charge in [0.15, 0.2) is 0 Å². The second-order valence-electron chi connectivity index (χ2n) is 5.07. The van der Waals surface area contributed by atoms with Gasteiger partial charge in [0, 0.05) is 18.0 Å². The topological polar surface area (TPSA) is 29.9 Å². The highest BCUT2D eigenvalue weighted by atomic mass is 15.3. The smallest absolute Gasteiger partial charge is 0.0703 e. The fraction of sp³-hybridized carbons (Fsp3) is 0.562. The number of fused-ring (bicyclic) bond motifs is 1. The predicted octanol–water partition coefficient (Wildman–Crippen LogP) is 3.38. The first-order valence-corrected chi connectivity index (χ1v) is 7.41. The maximum Gasteiger partial charge on any atom is 0.0703 e. The third-order valence-corrected chi connectivity index (χ3v) is 3.90. The Hall–Kier alpha value is -1.35. The highest BCUT2D eigenvalue weighted by Crippen LogP contribution is 2.20. The number of para-hydroxylation sites is 1. The second-order valence-corrected chi connectivity index (χ2v) is 5.07. The number of benzene rings is 1. The minimum Gasteiger partial charge on any atom is -0.317 e. The maximum absolute atomic E-state index is 4.75. The van der Waals surface area contributed by atoms with Crippen LogP contribution in [0.1, 0.15) is 38.8 Å². The zero-order valence-corrected chi connectivity index (χ0v) is 12.3. The van der Waals surface area contributed by atoms with Crippen LogP contribution in [-0.2, 0) is 13.0 Å². The lowest BCUT2D eigenvalue weighted by molar-refractivity contribution is 0.489. The van der Waals surface area contributed by atoms with Crippen molar-refractivity contribution in [3.63, 3.8) is 0 Å².